The zero-order valence-corrected chi connectivity index (χ0v) is 13.1. The molecule has 0 saturated heterocycles. The van der Waals surface area contributed by atoms with E-state index in [-0.39, 0.29) is 11.7 Å². The van der Waals surface area contributed by atoms with Crippen LogP contribution in [-0.4, -0.2) is 5.91 Å². The Morgan fingerprint density at radius 2 is 2.05 bits per heavy atom. The number of fused-ring (bicyclic) bond motifs is 1. The molecule has 4 heteroatoms. The fourth-order valence-corrected chi connectivity index (χ4v) is 3.06. The number of halogens is 2. The first kappa shape index (κ1) is 13.5. The van der Waals surface area contributed by atoms with Gasteiger partial charge >= 0.3 is 0 Å². The molecule has 1 aliphatic rings. The molecule has 0 aromatic heterocycles. The van der Waals surface area contributed by atoms with Gasteiger partial charge in [-0.25, -0.2) is 4.39 Å². The van der Waals surface area contributed by atoms with Crippen molar-refractivity contribution in [3.8, 4) is 0 Å². The third-order valence-electron chi connectivity index (χ3n) is 3.61. The molecule has 0 N–H and O–H groups in total. The summed E-state index contributed by atoms with van der Waals surface area (Å²) in [5, 5.41) is 0. The molecule has 0 saturated carbocycles. The van der Waals surface area contributed by atoms with Crippen LogP contribution in [0.1, 0.15) is 16.7 Å². The Labute approximate surface area is 130 Å². The average Bonchev–Trinajstić information content (AvgIpc) is 2.69. The van der Waals surface area contributed by atoms with Crippen molar-refractivity contribution in [2.45, 2.75) is 19.9 Å². The molecule has 0 atom stereocenters. The van der Waals surface area contributed by atoms with E-state index in [1.54, 1.807) is 11.0 Å². The molecule has 1 heterocycles. The highest BCUT2D eigenvalue weighted by Gasteiger charge is 2.27. The lowest BCUT2D eigenvalue weighted by Gasteiger charge is -2.19. The molecule has 0 radical (unpaired) electrons. The van der Waals surface area contributed by atoms with Crippen LogP contribution in [0.2, 0.25) is 0 Å². The van der Waals surface area contributed by atoms with Gasteiger partial charge in [0.2, 0.25) is 5.91 Å². The monoisotopic (exact) mass is 381 g/mol. The molecule has 0 fully saturated rings. The van der Waals surface area contributed by atoms with E-state index in [4.69, 9.17) is 0 Å². The topological polar surface area (TPSA) is 20.3 Å². The van der Waals surface area contributed by atoms with Crippen LogP contribution >= 0.6 is 22.6 Å². The minimum absolute atomic E-state index is 0.0747. The van der Waals surface area contributed by atoms with Crippen LogP contribution in [0.3, 0.4) is 0 Å². The molecule has 0 aliphatic carbocycles. The summed E-state index contributed by atoms with van der Waals surface area (Å²) in [4.78, 5) is 13.9. The predicted octanol–water partition coefficient (Wildman–Crippen LogP) is 3.83. The Morgan fingerprint density at radius 3 is 2.85 bits per heavy atom. The van der Waals surface area contributed by atoms with Crippen molar-refractivity contribution < 1.29 is 9.18 Å². The minimum atomic E-state index is -0.264. The van der Waals surface area contributed by atoms with Crippen molar-refractivity contribution >= 4 is 34.2 Å². The smallest absolute Gasteiger partial charge is 0.231 e. The summed E-state index contributed by atoms with van der Waals surface area (Å²) in [5.74, 6) is -0.189. The van der Waals surface area contributed by atoms with Crippen LogP contribution in [0.25, 0.3) is 0 Å². The fraction of sp³-hybridized carbons (Fsp3) is 0.188. The van der Waals surface area contributed by atoms with Crippen molar-refractivity contribution in [2.75, 3.05) is 4.90 Å². The standard InChI is InChI=1S/C16H13FINO/c1-10-2-3-13(17)6-12(10)9-19-15-5-4-14(18)7-11(15)8-16(19)20/h2-7H,8-9H2,1H3. The number of hydrogen-bond donors (Lipinski definition) is 0. The summed E-state index contributed by atoms with van der Waals surface area (Å²) < 4.78 is 14.5. The SMILES string of the molecule is Cc1ccc(F)cc1CN1C(=O)Cc2cc(I)ccc21. The first-order valence-electron chi connectivity index (χ1n) is 6.38. The van der Waals surface area contributed by atoms with Gasteiger partial charge in [0.05, 0.1) is 13.0 Å². The van der Waals surface area contributed by atoms with Crippen molar-refractivity contribution in [1.29, 1.82) is 0 Å². The van der Waals surface area contributed by atoms with Gasteiger partial charge in [-0.2, -0.15) is 0 Å². The van der Waals surface area contributed by atoms with Crippen molar-refractivity contribution in [3.05, 3.63) is 62.5 Å². The highest BCUT2D eigenvalue weighted by molar-refractivity contribution is 14.1. The molecular weight excluding hydrogens is 368 g/mol. The predicted molar refractivity (Wildman–Crippen MR) is 85.2 cm³/mol. The Kier molecular flexibility index (Phi) is 3.50. The molecule has 3 rings (SSSR count). The molecule has 102 valence electrons. The van der Waals surface area contributed by atoms with E-state index in [9.17, 15) is 9.18 Å². The molecule has 0 bridgehead atoms. The average molecular weight is 381 g/mol. The van der Waals surface area contributed by atoms with Crippen LogP contribution in [-0.2, 0) is 17.8 Å². The van der Waals surface area contributed by atoms with Gasteiger partial charge in [-0.15, -0.1) is 0 Å². The third-order valence-corrected chi connectivity index (χ3v) is 4.29. The lowest BCUT2D eigenvalue weighted by molar-refractivity contribution is -0.117. The molecule has 2 aromatic rings. The van der Waals surface area contributed by atoms with Gasteiger partial charge in [0.25, 0.3) is 0 Å². The molecule has 2 aromatic carbocycles. The van der Waals surface area contributed by atoms with E-state index in [0.29, 0.717) is 13.0 Å². The third kappa shape index (κ3) is 2.44. The Hall–Kier alpha value is -1.43. The zero-order valence-electron chi connectivity index (χ0n) is 11.0. The first-order valence-corrected chi connectivity index (χ1v) is 7.46. The number of rotatable bonds is 2. The number of nitrogens with zero attached hydrogens (tertiary/aromatic N) is 1. The summed E-state index contributed by atoms with van der Waals surface area (Å²) in [6.07, 6.45) is 0.431. The van der Waals surface area contributed by atoms with Gasteiger partial charge in [-0.1, -0.05) is 6.07 Å². The molecule has 2 nitrogen and oxygen atoms in total. The maximum Gasteiger partial charge on any atom is 0.231 e. The molecule has 0 spiro atoms. The zero-order chi connectivity index (χ0) is 14.3. The highest BCUT2D eigenvalue weighted by Crippen LogP contribution is 2.31. The quantitative estimate of drug-likeness (QED) is 0.725. The lowest BCUT2D eigenvalue weighted by Crippen LogP contribution is -2.26. The van der Waals surface area contributed by atoms with E-state index in [1.807, 2.05) is 25.1 Å². The molecule has 1 amide bonds. The maximum absolute atomic E-state index is 13.4. The number of carbonyl (C=O) groups excluding carboxylic acids is 1. The van der Waals surface area contributed by atoms with Gasteiger partial charge in [-0.3, -0.25) is 4.79 Å². The van der Waals surface area contributed by atoms with E-state index in [0.717, 1.165) is 25.9 Å². The van der Waals surface area contributed by atoms with Crippen LogP contribution in [0.4, 0.5) is 10.1 Å². The van der Waals surface area contributed by atoms with Gasteiger partial charge in [0.15, 0.2) is 0 Å². The number of amides is 1. The van der Waals surface area contributed by atoms with E-state index in [2.05, 4.69) is 22.6 Å². The van der Waals surface area contributed by atoms with Crippen molar-refractivity contribution in [3.63, 3.8) is 0 Å². The fourth-order valence-electron chi connectivity index (χ4n) is 2.51. The highest BCUT2D eigenvalue weighted by atomic mass is 127. The van der Waals surface area contributed by atoms with Crippen LogP contribution in [0.5, 0.6) is 0 Å². The van der Waals surface area contributed by atoms with Crippen molar-refractivity contribution in [1.82, 2.24) is 0 Å². The Morgan fingerprint density at radius 1 is 1.25 bits per heavy atom. The van der Waals surface area contributed by atoms with Crippen LogP contribution in [0, 0.1) is 16.3 Å². The second kappa shape index (κ2) is 5.16. The Bertz CT molecular complexity index is 699. The van der Waals surface area contributed by atoms with E-state index in [1.165, 1.54) is 12.1 Å². The molecule has 1 aliphatic heterocycles. The van der Waals surface area contributed by atoms with Gasteiger partial charge in [0.1, 0.15) is 5.82 Å². The molecule has 0 unspecified atom stereocenters. The number of anilines is 1. The second-order valence-electron chi connectivity index (χ2n) is 5.00. The number of hydrogen-bond acceptors (Lipinski definition) is 1. The van der Waals surface area contributed by atoms with E-state index < -0.39 is 0 Å². The second-order valence-corrected chi connectivity index (χ2v) is 6.25. The molecular formula is C16H13FINO. The van der Waals surface area contributed by atoms with Crippen LogP contribution < -0.4 is 4.90 Å². The summed E-state index contributed by atoms with van der Waals surface area (Å²) in [5.41, 5.74) is 3.85. The number of aryl methyl sites for hydroxylation is 1. The van der Waals surface area contributed by atoms with E-state index >= 15 is 0 Å². The Balaban J connectivity index is 1.96. The van der Waals surface area contributed by atoms with Gasteiger partial charge < -0.3 is 4.90 Å². The minimum Gasteiger partial charge on any atom is -0.307 e. The maximum atomic E-state index is 13.4. The summed E-state index contributed by atoms with van der Waals surface area (Å²) >= 11 is 2.24. The van der Waals surface area contributed by atoms with Crippen LogP contribution in [0.15, 0.2) is 36.4 Å². The normalized spacial score (nSPS) is 13.8. The largest absolute Gasteiger partial charge is 0.307 e. The number of benzene rings is 2. The number of carbonyl (C=O) groups is 1. The van der Waals surface area contributed by atoms with Gasteiger partial charge in [0, 0.05) is 9.26 Å². The summed E-state index contributed by atoms with van der Waals surface area (Å²) in [6, 6.07) is 10.7. The summed E-state index contributed by atoms with van der Waals surface area (Å²) in [6.45, 7) is 2.36. The first-order chi connectivity index (χ1) is 9.54. The van der Waals surface area contributed by atoms with Gasteiger partial charge in [-0.05, 0) is 76.5 Å². The molecule has 20 heavy (non-hydrogen) atoms. The van der Waals surface area contributed by atoms with Crippen molar-refractivity contribution in [2.24, 2.45) is 0 Å². The summed E-state index contributed by atoms with van der Waals surface area (Å²) in [7, 11) is 0. The lowest BCUT2D eigenvalue weighted by atomic mass is 10.1.